The summed E-state index contributed by atoms with van der Waals surface area (Å²) in [5.41, 5.74) is 1.16. The zero-order chi connectivity index (χ0) is 14.1. The summed E-state index contributed by atoms with van der Waals surface area (Å²) in [5.74, 6) is 2.43. The molecule has 3 unspecified atom stereocenters. The molecule has 3 heteroatoms. The first-order chi connectivity index (χ1) is 9.63. The first kappa shape index (κ1) is 13.5. The van der Waals surface area contributed by atoms with E-state index in [0.29, 0.717) is 18.4 Å². The van der Waals surface area contributed by atoms with Crippen molar-refractivity contribution < 1.29 is 9.53 Å². The fourth-order valence-corrected chi connectivity index (χ4v) is 3.59. The van der Waals surface area contributed by atoms with Crippen LogP contribution in [-0.4, -0.2) is 30.5 Å². The van der Waals surface area contributed by atoms with Crippen LogP contribution in [0.4, 0.5) is 0 Å². The molecule has 1 saturated heterocycles. The lowest BCUT2D eigenvalue weighted by Crippen LogP contribution is -2.47. The van der Waals surface area contributed by atoms with Crippen LogP contribution in [0.3, 0.4) is 0 Å². The number of nitrogens with zero attached hydrogens (tertiary/aromatic N) is 1. The maximum Gasteiger partial charge on any atom is 0.229 e. The van der Waals surface area contributed by atoms with E-state index in [1.54, 1.807) is 0 Å². The second-order valence-corrected chi connectivity index (χ2v) is 6.51. The summed E-state index contributed by atoms with van der Waals surface area (Å²) in [6.07, 6.45) is 2.04. The number of amides is 1. The number of likely N-dealkylation sites (tertiary alicyclic amines) is 1. The SMILES string of the molecule is CC1CC(C)CN(C(=O)C2COc3ccccc3C2)C1. The average molecular weight is 273 g/mol. The zero-order valence-electron chi connectivity index (χ0n) is 12.3. The number of ether oxygens (including phenoxy) is 1. The number of benzene rings is 1. The molecule has 0 radical (unpaired) electrons. The van der Waals surface area contributed by atoms with Crippen molar-refractivity contribution in [2.24, 2.45) is 17.8 Å². The Morgan fingerprint density at radius 2 is 1.90 bits per heavy atom. The molecule has 0 spiro atoms. The van der Waals surface area contributed by atoms with E-state index in [9.17, 15) is 4.79 Å². The van der Waals surface area contributed by atoms with Crippen LogP contribution in [0.15, 0.2) is 24.3 Å². The van der Waals surface area contributed by atoms with Crippen molar-refractivity contribution in [1.29, 1.82) is 0 Å². The molecule has 2 aliphatic heterocycles. The fraction of sp³-hybridized carbons (Fsp3) is 0.588. The number of piperidine rings is 1. The Morgan fingerprint density at radius 3 is 2.65 bits per heavy atom. The van der Waals surface area contributed by atoms with Gasteiger partial charge in [0.1, 0.15) is 12.4 Å². The van der Waals surface area contributed by atoms with Gasteiger partial charge in [0.15, 0.2) is 0 Å². The maximum absolute atomic E-state index is 12.7. The summed E-state index contributed by atoms with van der Waals surface area (Å²) in [6.45, 7) is 6.81. The number of carbonyl (C=O) groups is 1. The summed E-state index contributed by atoms with van der Waals surface area (Å²) in [4.78, 5) is 14.8. The Balaban J connectivity index is 1.69. The lowest BCUT2D eigenvalue weighted by molar-refractivity contribution is -0.139. The van der Waals surface area contributed by atoms with Crippen molar-refractivity contribution >= 4 is 5.91 Å². The second-order valence-electron chi connectivity index (χ2n) is 6.51. The molecule has 2 aliphatic rings. The molecule has 0 aliphatic carbocycles. The predicted octanol–water partition coefficient (Wildman–Crippen LogP) is 2.74. The molecule has 1 aromatic rings. The van der Waals surface area contributed by atoms with E-state index in [4.69, 9.17) is 4.74 Å². The maximum atomic E-state index is 12.7. The molecular formula is C17H23NO2. The van der Waals surface area contributed by atoms with Gasteiger partial charge >= 0.3 is 0 Å². The van der Waals surface area contributed by atoms with Crippen LogP contribution < -0.4 is 4.74 Å². The lowest BCUT2D eigenvalue weighted by atomic mass is 9.89. The Hall–Kier alpha value is -1.51. The first-order valence-corrected chi connectivity index (χ1v) is 7.63. The van der Waals surface area contributed by atoms with Crippen molar-refractivity contribution in [3.8, 4) is 5.75 Å². The van der Waals surface area contributed by atoms with Gasteiger partial charge in [0.2, 0.25) is 5.91 Å². The van der Waals surface area contributed by atoms with Gasteiger partial charge < -0.3 is 9.64 Å². The van der Waals surface area contributed by atoms with Gasteiger partial charge in [-0.1, -0.05) is 32.0 Å². The summed E-state index contributed by atoms with van der Waals surface area (Å²) in [5, 5.41) is 0. The number of rotatable bonds is 1. The molecule has 1 fully saturated rings. The van der Waals surface area contributed by atoms with E-state index in [1.165, 1.54) is 6.42 Å². The van der Waals surface area contributed by atoms with Gasteiger partial charge in [-0.2, -0.15) is 0 Å². The van der Waals surface area contributed by atoms with Crippen LogP contribution in [-0.2, 0) is 11.2 Å². The third-order valence-corrected chi connectivity index (χ3v) is 4.41. The number of hydrogen-bond donors (Lipinski definition) is 0. The smallest absolute Gasteiger partial charge is 0.229 e. The highest BCUT2D eigenvalue weighted by Gasteiger charge is 2.32. The fourth-order valence-electron chi connectivity index (χ4n) is 3.59. The highest BCUT2D eigenvalue weighted by atomic mass is 16.5. The van der Waals surface area contributed by atoms with Gasteiger partial charge in [-0.15, -0.1) is 0 Å². The topological polar surface area (TPSA) is 29.5 Å². The third kappa shape index (κ3) is 2.67. The van der Waals surface area contributed by atoms with Crippen molar-refractivity contribution in [2.75, 3.05) is 19.7 Å². The standard InChI is InChI=1S/C17H23NO2/c1-12-7-13(2)10-18(9-12)17(19)15-8-14-5-3-4-6-16(14)20-11-15/h3-6,12-13,15H,7-11H2,1-2H3. The molecule has 3 atom stereocenters. The summed E-state index contributed by atoms with van der Waals surface area (Å²) < 4.78 is 5.75. The summed E-state index contributed by atoms with van der Waals surface area (Å²) in [7, 11) is 0. The molecule has 108 valence electrons. The van der Waals surface area contributed by atoms with E-state index in [0.717, 1.165) is 30.8 Å². The number of fused-ring (bicyclic) bond motifs is 1. The van der Waals surface area contributed by atoms with Gasteiger partial charge in [0.05, 0.1) is 5.92 Å². The van der Waals surface area contributed by atoms with E-state index >= 15 is 0 Å². The van der Waals surface area contributed by atoms with Gasteiger partial charge in [-0.25, -0.2) is 0 Å². The van der Waals surface area contributed by atoms with Crippen molar-refractivity contribution in [3.63, 3.8) is 0 Å². The van der Waals surface area contributed by atoms with Crippen LogP contribution in [0.2, 0.25) is 0 Å². The highest BCUT2D eigenvalue weighted by Crippen LogP contribution is 2.29. The lowest BCUT2D eigenvalue weighted by Gasteiger charge is -2.37. The molecule has 20 heavy (non-hydrogen) atoms. The van der Waals surface area contributed by atoms with Gasteiger partial charge in [-0.05, 0) is 36.3 Å². The van der Waals surface area contributed by atoms with E-state index in [-0.39, 0.29) is 11.8 Å². The molecule has 0 bridgehead atoms. The molecule has 3 nitrogen and oxygen atoms in total. The third-order valence-electron chi connectivity index (χ3n) is 4.41. The average Bonchev–Trinajstić information content (AvgIpc) is 2.45. The molecule has 0 saturated carbocycles. The minimum atomic E-state index is -0.0117. The Morgan fingerprint density at radius 1 is 1.20 bits per heavy atom. The minimum absolute atomic E-state index is 0.0117. The monoisotopic (exact) mass is 273 g/mol. The molecule has 0 aromatic heterocycles. The predicted molar refractivity (Wildman–Crippen MR) is 78.7 cm³/mol. The quantitative estimate of drug-likeness (QED) is 0.787. The second kappa shape index (κ2) is 5.47. The highest BCUT2D eigenvalue weighted by molar-refractivity contribution is 5.80. The number of hydrogen-bond acceptors (Lipinski definition) is 2. The van der Waals surface area contributed by atoms with E-state index in [1.807, 2.05) is 18.2 Å². The van der Waals surface area contributed by atoms with Crippen LogP contribution in [0.25, 0.3) is 0 Å². The summed E-state index contributed by atoms with van der Waals surface area (Å²) in [6, 6.07) is 8.05. The Kier molecular flexibility index (Phi) is 3.68. The Bertz CT molecular complexity index is 490. The number of para-hydroxylation sites is 1. The van der Waals surface area contributed by atoms with E-state index < -0.39 is 0 Å². The van der Waals surface area contributed by atoms with Gasteiger partial charge in [0.25, 0.3) is 0 Å². The van der Waals surface area contributed by atoms with Crippen LogP contribution in [0, 0.1) is 17.8 Å². The van der Waals surface area contributed by atoms with Gasteiger partial charge in [0, 0.05) is 13.1 Å². The van der Waals surface area contributed by atoms with Crippen LogP contribution >= 0.6 is 0 Å². The zero-order valence-corrected chi connectivity index (χ0v) is 12.3. The summed E-state index contributed by atoms with van der Waals surface area (Å²) >= 11 is 0. The minimum Gasteiger partial charge on any atom is -0.492 e. The molecule has 1 aromatic carbocycles. The molecule has 2 heterocycles. The Labute approximate surface area is 120 Å². The van der Waals surface area contributed by atoms with Crippen LogP contribution in [0.1, 0.15) is 25.8 Å². The van der Waals surface area contributed by atoms with Gasteiger partial charge in [-0.3, -0.25) is 4.79 Å². The molecular weight excluding hydrogens is 250 g/mol. The van der Waals surface area contributed by atoms with Crippen LogP contribution in [0.5, 0.6) is 5.75 Å². The molecule has 1 amide bonds. The van der Waals surface area contributed by atoms with Crippen molar-refractivity contribution in [3.05, 3.63) is 29.8 Å². The van der Waals surface area contributed by atoms with E-state index in [2.05, 4.69) is 24.8 Å². The van der Waals surface area contributed by atoms with Crippen molar-refractivity contribution in [1.82, 2.24) is 4.90 Å². The largest absolute Gasteiger partial charge is 0.492 e. The number of carbonyl (C=O) groups excluding carboxylic acids is 1. The first-order valence-electron chi connectivity index (χ1n) is 7.63. The molecule has 3 rings (SSSR count). The molecule has 0 N–H and O–H groups in total. The normalized spacial score (nSPS) is 29.5. The van der Waals surface area contributed by atoms with Crippen molar-refractivity contribution in [2.45, 2.75) is 26.7 Å².